The summed E-state index contributed by atoms with van der Waals surface area (Å²) < 4.78 is 13.6. The smallest absolute Gasteiger partial charge is 0.146 e. The third kappa shape index (κ3) is 4.82. The van der Waals surface area contributed by atoms with Crippen LogP contribution in [0.4, 0.5) is 10.1 Å². The van der Waals surface area contributed by atoms with Gasteiger partial charge in [-0.2, -0.15) is 5.26 Å². The summed E-state index contributed by atoms with van der Waals surface area (Å²) in [7, 11) is 1.88. The van der Waals surface area contributed by atoms with E-state index in [0.717, 1.165) is 32.4 Å². The Morgan fingerprint density at radius 3 is 2.70 bits per heavy atom. The van der Waals surface area contributed by atoms with Crippen molar-refractivity contribution in [1.82, 2.24) is 5.32 Å². The zero-order chi connectivity index (χ0) is 15.0. The number of halogens is 1. The van der Waals surface area contributed by atoms with Crippen molar-refractivity contribution >= 4 is 5.69 Å². The van der Waals surface area contributed by atoms with E-state index in [4.69, 9.17) is 0 Å². The number of nitriles is 1. The molecule has 3 nitrogen and oxygen atoms in total. The molecule has 1 aromatic rings. The molecule has 0 heterocycles. The maximum atomic E-state index is 13.6. The molecular weight excluding hydrogens is 253 g/mol. The van der Waals surface area contributed by atoms with E-state index in [0.29, 0.717) is 5.69 Å². The number of para-hydroxylation sites is 1. The minimum absolute atomic E-state index is 0.206. The Morgan fingerprint density at radius 1 is 1.40 bits per heavy atom. The molecule has 0 aromatic heterocycles. The summed E-state index contributed by atoms with van der Waals surface area (Å²) in [6.45, 7) is 5.57. The summed E-state index contributed by atoms with van der Waals surface area (Å²) in [5, 5.41) is 12.5. The summed E-state index contributed by atoms with van der Waals surface area (Å²) in [5.74, 6) is -0.206. The Balaban J connectivity index is 2.47. The number of rotatable bonds is 8. The monoisotopic (exact) mass is 277 g/mol. The first-order valence-electron chi connectivity index (χ1n) is 7.14. The van der Waals surface area contributed by atoms with Gasteiger partial charge in [0.2, 0.25) is 0 Å². The fourth-order valence-corrected chi connectivity index (χ4v) is 2.14. The highest BCUT2D eigenvalue weighted by atomic mass is 19.1. The summed E-state index contributed by atoms with van der Waals surface area (Å²) in [6, 6.07) is 9.09. The lowest BCUT2D eigenvalue weighted by Gasteiger charge is -2.25. The number of nitrogens with zero attached hydrogens (tertiary/aromatic N) is 2. The Labute approximate surface area is 121 Å². The highest BCUT2D eigenvalue weighted by Gasteiger charge is 2.22. The Hall–Kier alpha value is -1.60. The molecule has 1 unspecified atom stereocenters. The van der Waals surface area contributed by atoms with Gasteiger partial charge in [-0.3, -0.25) is 5.32 Å². The first-order chi connectivity index (χ1) is 9.52. The van der Waals surface area contributed by atoms with Crippen LogP contribution < -0.4 is 10.2 Å². The van der Waals surface area contributed by atoms with Crippen LogP contribution >= 0.6 is 0 Å². The summed E-state index contributed by atoms with van der Waals surface area (Å²) in [5.41, 5.74) is 0.110. The van der Waals surface area contributed by atoms with E-state index in [9.17, 15) is 9.65 Å². The van der Waals surface area contributed by atoms with Gasteiger partial charge >= 0.3 is 0 Å². The highest BCUT2D eigenvalue weighted by molar-refractivity contribution is 5.46. The van der Waals surface area contributed by atoms with Crippen LogP contribution in [-0.2, 0) is 0 Å². The van der Waals surface area contributed by atoms with Gasteiger partial charge in [0.05, 0.1) is 11.8 Å². The van der Waals surface area contributed by atoms with Gasteiger partial charge in [-0.1, -0.05) is 19.1 Å². The second-order valence-corrected chi connectivity index (χ2v) is 5.35. The molecule has 0 spiro atoms. The van der Waals surface area contributed by atoms with Crippen LogP contribution in [0.15, 0.2) is 24.3 Å². The van der Waals surface area contributed by atoms with Crippen LogP contribution in [-0.4, -0.2) is 25.7 Å². The van der Waals surface area contributed by atoms with E-state index in [-0.39, 0.29) is 5.82 Å². The maximum Gasteiger partial charge on any atom is 0.146 e. The van der Waals surface area contributed by atoms with Gasteiger partial charge in [-0.05, 0) is 44.9 Å². The van der Waals surface area contributed by atoms with Crippen LogP contribution in [0.2, 0.25) is 0 Å². The van der Waals surface area contributed by atoms with Gasteiger partial charge in [0.15, 0.2) is 0 Å². The van der Waals surface area contributed by atoms with Crippen molar-refractivity contribution in [1.29, 1.82) is 5.26 Å². The molecule has 110 valence electrons. The number of nitrogens with one attached hydrogen (secondary N) is 1. The van der Waals surface area contributed by atoms with Crippen LogP contribution in [0, 0.1) is 17.1 Å². The van der Waals surface area contributed by atoms with Gasteiger partial charge in [0.25, 0.3) is 0 Å². The van der Waals surface area contributed by atoms with Gasteiger partial charge in [-0.25, -0.2) is 4.39 Å². The molecule has 1 rings (SSSR count). The van der Waals surface area contributed by atoms with Gasteiger partial charge < -0.3 is 4.90 Å². The van der Waals surface area contributed by atoms with Crippen molar-refractivity contribution in [3.63, 3.8) is 0 Å². The molecule has 0 saturated heterocycles. The normalized spacial score (nSPS) is 13.6. The topological polar surface area (TPSA) is 39.1 Å². The second-order valence-electron chi connectivity index (χ2n) is 5.35. The summed E-state index contributed by atoms with van der Waals surface area (Å²) in [6.07, 6.45) is 2.60. The molecule has 0 saturated carbocycles. The predicted molar refractivity (Wildman–Crippen MR) is 81.2 cm³/mol. The van der Waals surface area contributed by atoms with E-state index in [1.165, 1.54) is 6.07 Å². The lowest BCUT2D eigenvalue weighted by Crippen LogP contribution is -2.41. The SMILES string of the molecule is CCCNC(C)(C#N)CCCN(C)c1ccccc1F. The minimum atomic E-state index is -0.494. The van der Waals surface area contributed by atoms with Crippen molar-refractivity contribution in [2.75, 3.05) is 25.0 Å². The molecule has 0 aliphatic rings. The van der Waals surface area contributed by atoms with E-state index in [1.54, 1.807) is 12.1 Å². The Kier molecular flexibility index (Phi) is 6.47. The second kappa shape index (κ2) is 7.86. The molecule has 0 aliphatic carbocycles. The minimum Gasteiger partial charge on any atom is -0.372 e. The lowest BCUT2D eigenvalue weighted by atomic mass is 9.97. The van der Waals surface area contributed by atoms with Crippen LogP contribution in [0.3, 0.4) is 0 Å². The first-order valence-corrected chi connectivity index (χ1v) is 7.14. The maximum absolute atomic E-state index is 13.6. The fourth-order valence-electron chi connectivity index (χ4n) is 2.14. The Morgan fingerprint density at radius 2 is 2.10 bits per heavy atom. The predicted octanol–water partition coefficient (Wildman–Crippen LogP) is 3.32. The number of hydrogen-bond donors (Lipinski definition) is 1. The van der Waals surface area contributed by atoms with Crippen molar-refractivity contribution < 1.29 is 4.39 Å². The van der Waals surface area contributed by atoms with Crippen molar-refractivity contribution in [2.24, 2.45) is 0 Å². The van der Waals surface area contributed by atoms with E-state index in [1.807, 2.05) is 24.9 Å². The zero-order valence-electron chi connectivity index (χ0n) is 12.6. The average molecular weight is 277 g/mol. The van der Waals surface area contributed by atoms with Crippen LogP contribution in [0.5, 0.6) is 0 Å². The molecule has 0 fully saturated rings. The molecule has 0 bridgehead atoms. The molecule has 1 N–H and O–H groups in total. The molecule has 1 aromatic carbocycles. The molecular formula is C16H24FN3. The van der Waals surface area contributed by atoms with Gasteiger partial charge in [0, 0.05) is 13.6 Å². The molecule has 0 amide bonds. The molecule has 0 aliphatic heterocycles. The quantitative estimate of drug-likeness (QED) is 0.792. The van der Waals surface area contributed by atoms with Gasteiger partial charge in [-0.15, -0.1) is 0 Å². The zero-order valence-corrected chi connectivity index (χ0v) is 12.6. The Bertz CT molecular complexity index is 455. The van der Waals surface area contributed by atoms with E-state index < -0.39 is 5.54 Å². The van der Waals surface area contributed by atoms with Crippen molar-refractivity contribution in [3.05, 3.63) is 30.1 Å². The van der Waals surface area contributed by atoms with Crippen LogP contribution in [0.1, 0.15) is 33.1 Å². The highest BCUT2D eigenvalue weighted by Crippen LogP contribution is 2.18. The van der Waals surface area contributed by atoms with Crippen molar-refractivity contribution in [3.8, 4) is 6.07 Å². The largest absolute Gasteiger partial charge is 0.372 e. The average Bonchev–Trinajstić information content (AvgIpc) is 2.45. The molecule has 20 heavy (non-hydrogen) atoms. The van der Waals surface area contributed by atoms with E-state index >= 15 is 0 Å². The van der Waals surface area contributed by atoms with Crippen LogP contribution in [0.25, 0.3) is 0 Å². The third-order valence-electron chi connectivity index (χ3n) is 3.45. The first kappa shape index (κ1) is 16.5. The summed E-state index contributed by atoms with van der Waals surface area (Å²) in [4.78, 5) is 1.90. The molecule has 1 atom stereocenters. The number of hydrogen-bond acceptors (Lipinski definition) is 3. The number of anilines is 1. The fraction of sp³-hybridized carbons (Fsp3) is 0.562. The molecule has 0 radical (unpaired) electrons. The number of benzene rings is 1. The van der Waals surface area contributed by atoms with Gasteiger partial charge in [0.1, 0.15) is 11.4 Å². The third-order valence-corrected chi connectivity index (χ3v) is 3.45. The van der Waals surface area contributed by atoms with E-state index in [2.05, 4.69) is 18.3 Å². The summed E-state index contributed by atoms with van der Waals surface area (Å²) >= 11 is 0. The lowest BCUT2D eigenvalue weighted by molar-refractivity contribution is 0.408. The standard InChI is InChI=1S/C16H24FN3/c1-4-11-19-16(2,13-18)10-7-12-20(3)15-9-6-5-8-14(15)17/h5-6,8-9,19H,4,7,10-12H2,1-3H3. The molecule has 4 heteroatoms. The van der Waals surface area contributed by atoms with Crippen molar-refractivity contribution in [2.45, 2.75) is 38.6 Å².